The fraction of sp³-hybridized carbons (Fsp3) is 0.463. The molecular formula is C41H54N2O9. The average molecular weight is 719 g/mol. The van der Waals surface area contributed by atoms with Crippen molar-refractivity contribution in [1.29, 1.82) is 0 Å². The van der Waals surface area contributed by atoms with Crippen molar-refractivity contribution in [2.45, 2.75) is 85.3 Å². The zero-order valence-electron chi connectivity index (χ0n) is 30.2. The summed E-state index contributed by atoms with van der Waals surface area (Å²) in [4.78, 5) is 54.4. The third-order valence-corrected chi connectivity index (χ3v) is 9.40. The molecule has 0 bridgehead atoms. The second kappa shape index (κ2) is 19.5. The number of phenols is 1. The van der Waals surface area contributed by atoms with Gasteiger partial charge in [0, 0.05) is 18.5 Å². The lowest BCUT2D eigenvalue weighted by Gasteiger charge is -2.36. The van der Waals surface area contributed by atoms with Gasteiger partial charge in [-0.15, -0.1) is 0 Å². The second-order valence-electron chi connectivity index (χ2n) is 13.4. The predicted molar refractivity (Wildman–Crippen MR) is 199 cm³/mol. The van der Waals surface area contributed by atoms with Gasteiger partial charge in [-0.05, 0) is 98.0 Å². The van der Waals surface area contributed by atoms with Gasteiger partial charge < -0.3 is 34.3 Å². The van der Waals surface area contributed by atoms with Crippen LogP contribution >= 0.6 is 0 Å². The van der Waals surface area contributed by atoms with Crippen LogP contribution in [0, 0.1) is 5.41 Å². The number of carbonyl (C=O) groups excluding carboxylic acids is 4. The Bertz CT molecular complexity index is 1650. The highest BCUT2D eigenvalue weighted by atomic mass is 16.5. The van der Waals surface area contributed by atoms with Crippen molar-refractivity contribution in [2.75, 3.05) is 33.9 Å². The number of ketones is 1. The zero-order valence-corrected chi connectivity index (χ0v) is 30.2. The van der Waals surface area contributed by atoms with Crippen molar-refractivity contribution in [3.63, 3.8) is 0 Å². The third kappa shape index (κ3) is 11.2. The summed E-state index contributed by atoms with van der Waals surface area (Å²) in [6, 6.07) is 18.6. The van der Waals surface area contributed by atoms with Gasteiger partial charge in [-0.1, -0.05) is 58.5 Å². The number of Topliss-reactive ketones (excluding diaryl/α,β-unsaturated/α-hetero) is 1. The maximum atomic E-state index is 13.9. The Morgan fingerprint density at radius 1 is 0.923 bits per heavy atom. The molecule has 2 amide bonds. The number of ether oxygens (including phenoxy) is 4. The third-order valence-electron chi connectivity index (χ3n) is 9.40. The minimum absolute atomic E-state index is 0. The molecule has 0 aliphatic carbocycles. The number of methoxy groups -OCH3 is 2. The molecule has 1 unspecified atom stereocenters. The van der Waals surface area contributed by atoms with Gasteiger partial charge in [0.2, 0.25) is 5.78 Å². The van der Waals surface area contributed by atoms with E-state index in [4.69, 9.17) is 18.9 Å². The maximum Gasteiger partial charge on any atom is 0.329 e. The van der Waals surface area contributed by atoms with E-state index in [0.29, 0.717) is 74.4 Å². The average Bonchev–Trinajstić information content (AvgIpc) is 3.15. The van der Waals surface area contributed by atoms with E-state index in [2.05, 4.69) is 5.32 Å². The Morgan fingerprint density at radius 3 is 2.33 bits per heavy atom. The number of likely N-dealkylation sites (tertiary alicyclic amines) is 1. The van der Waals surface area contributed by atoms with E-state index < -0.39 is 35.2 Å². The molecule has 0 aromatic heterocycles. The van der Waals surface area contributed by atoms with Crippen molar-refractivity contribution in [3.8, 4) is 23.0 Å². The Morgan fingerprint density at radius 2 is 1.63 bits per heavy atom. The first kappa shape index (κ1) is 41.4. The summed E-state index contributed by atoms with van der Waals surface area (Å²) in [5.74, 6) is -0.232. The fourth-order valence-electron chi connectivity index (χ4n) is 5.86. The summed E-state index contributed by atoms with van der Waals surface area (Å²) in [6.45, 7) is 5.84. The molecule has 0 spiro atoms. The molecule has 1 aliphatic heterocycles. The number of aryl methyl sites for hydroxylation is 1. The highest BCUT2D eigenvalue weighted by molar-refractivity contribution is 6.38. The molecule has 3 aromatic carbocycles. The number of esters is 1. The van der Waals surface area contributed by atoms with Crippen LogP contribution in [0.5, 0.6) is 23.0 Å². The molecule has 52 heavy (non-hydrogen) atoms. The van der Waals surface area contributed by atoms with Gasteiger partial charge >= 0.3 is 5.97 Å². The van der Waals surface area contributed by atoms with Crippen LogP contribution in [-0.2, 0) is 36.8 Å². The minimum atomic E-state index is -0.879. The molecule has 2 N–H and O–H groups in total. The molecule has 1 fully saturated rings. The zero-order chi connectivity index (χ0) is 37.0. The Balaban J connectivity index is 0.00000729. The molecule has 3 aromatic rings. The van der Waals surface area contributed by atoms with Gasteiger partial charge in [0.15, 0.2) is 18.1 Å². The number of nitrogens with one attached hydrogen (secondary N) is 1. The highest BCUT2D eigenvalue weighted by Crippen LogP contribution is 2.32. The number of amides is 2. The summed E-state index contributed by atoms with van der Waals surface area (Å²) < 4.78 is 22.9. The topological polar surface area (TPSA) is 141 Å². The number of benzene rings is 3. The lowest BCUT2D eigenvalue weighted by atomic mass is 9.84. The van der Waals surface area contributed by atoms with Gasteiger partial charge in [-0.2, -0.15) is 0 Å². The maximum absolute atomic E-state index is 13.9. The molecule has 4 rings (SSSR count). The molecule has 2 atom stereocenters. The smallest absolute Gasteiger partial charge is 0.329 e. The van der Waals surface area contributed by atoms with Crippen LogP contribution in [0.15, 0.2) is 66.7 Å². The van der Waals surface area contributed by atoms with Crippen molar-refractivity contribution in [1.82, 2.24) is 10.2 Å². The van der Waals surface area contributed by atoms with Gasteiger partial charge in [-0.25, -0.2) is 4.79 Å². The number of hydrogen-bond donors (Lipinski definition) is 2. The number of hydrogen-bond acceptors (Lipinski definition) is 9. The number of piperidine rings is 1. The van der Waals surface area contributed by atoms with Crippen LogP contribution in [0.3, 0.4) is 0 Å². The normalized spacial score (nSPS) is 14.7. The van der Waals surface area contributed by atoms with Gasteiger partial charge in [-0.3, -0.25) is 14.4 Å². The Labute approximate surface area is 307 Å². The molecule has 1 saturated heterocycles. The molecule has 0 radical (unpaired) electrons. The number of nitrogens with zero attached hydrogens (tertiary/aromatic N) is 1. The van der Waals surface area contributed by atoms with Gasteiger partial charge in [0.1, 0.15) is 23.6 Å². The van der Waals surface area contributed by atoms with E-state index in [1.807, 2.05) is 31.2 Å². The monoisotopic (exact) mass is 718 g/mol. The van der Waals surface area contributed by atoms with Crippen LogP contribution < -0.4 is 19.5 Å². The van der Waals surface area contributed by atoms with E-state index >= 15 is 0 Å². The lowest BCUT2D eigenvalue weighted by molar-refractivity contribution is -0.164. The standard InChI is InChI=1S/C40H50N2O9.CH4/c1-6-40(2,3)37(45)38(46)42-23-8-7-12-32(42)39(47)51-33(19-15-28-16-20-34(48-4)35(24-28)49-5)29-10-9-11-31(25-29)50-26-36(44)41-22-21-27-13-17-30(43)18-14-27;/h9-11,13-14,16-18,20,24-25,32-33,43H,6-8,12,15,19,21-23,26H2,1-5H3,(H,41,44);1H4/t32?,33-;/m1./s1. The molecule has 11 heteroatoms. The molecule has 1 aliphatic rings. The molecule has 0 saturated carbocycles. The summed E-state index contributed by atoms with van der Waals surface area (Å²) >= 11 is 0. The van der Waals surface area contributed by atoms with Crippen LogP contribution in [-0.4, -0.2) is 73.5 Å². The molecule has 282 valence electrons. The molecule has 11 nitrogen and oxygen atoms in total. The summed E-state index contributed by atoms with van der Waals surface area (Å²) in [7, 11) is 3.14. The molecule has 1 heterocycles. The minimum Gasteiger partial charge on any atom is -0.508 e. The molecular weight excluding hydrogens is 664 g/mol. The van der Waals surface area contributed by atoms with Crippen LogP contribution in [0.4, 0.5) is 0 Å². The summed E-state index contributed by atoms with van der Waals surface area (Å²) in [5, 5.41) is 12.3. The number of rotatable bonds is 17. The van der Waals surface area contributed by atoms with Crippen molar-refractivity contribution in [2.24, 2.45) is 5.41 Å². The van der Waals surface area contributed by atoms with Crippen molar-refractivity contribution < 1.29 is 43.2 Å². The quantitative estimate of drug-likeness (QED) is 0.120. The van der Waals surface area contributed by atoms with Crippen molar-refractivity contribution >= 4 is 23.6 Å². The van der Waals surface area contributed by atoms with E-state index in [9.17, 15) is 24.3 Å². The second-order valence-corrected chi connectivity index (χ2v) is 13.4. The number of phenolic OH excluding ortho intramolecular Hbond substituents is 1. The summed E-state index contributed by atoms with van der Waals surface area (Å²) in [5.41, 5.74) is 1.74. The lowest BCUT2D eigenvalue weighted by Crippen LogP contribution is -2.53. The van der Waals surface area contributed by atoms with E-state index in [1.54, 1.807) is 70.5 Å². The predicted octanol–water partition coefficient (Wildman–Crippen LogP) is 6.39. The van der Waals surface area contributed by atoms with Crippen LogP contribution in [0.25, 0.3) is 0 Å². The van der Waals surface area contributed by atoms with Crippen molar-refractivity contribution in [3.05, 3.63) is 83.4 Å². The number of aromatic hydroxyl groups is 1. The Hall–Kier alpha value is -5.06. The fourth-order valence-corrected chi connectivity index (χ4v) is 5.86. The van der Waals surface area contributed by atoms with Crippen LogP contribution in [0.2, 0.25) is 0 Å². The highest BCUT2D eigenvalue weighted by Gasteiger charge is 2.41. The first-order chi connectivity index (χ1) is 24.4. The first-order valence-electron chi connectivity index (χ1n) is 17.5. The van der Waals surface area contributed by atoms with E-state index in [1.165, 1.54) is 4.90 Å². The van der Waals surface area contributed by atoms with Gasteiger partial charge in [0.05, 0.1) is 14.2 Å². The van der Waals surface area contributed by atoms with Crippen LogP contribution in [0.1, 0.15) is 83.1 Å². The first-order valence-corrected chi connectivity index (χ1v) is 17.5. The largest absolute Gasteiger partial charge is 0.508 e. The van der Waals surface area contributed by atoms with E-state index in [-0.39, 0.29) is 25.7 Å². The summed E-state index contributed by atoms with van der Waals surface area (Å²) in [6.07, 6.45) is 3.11. The van der Waals surface area contributed by atoms with E-state index in [0.717, 1.165) is 17.5 Å². The van der Waals surface area contributed by atoms with Gasteiger partial charge in [0.25, 0.3) is 11.8 Å². The Kier molecular flexibility index (Phi) is 15.5. The number of carbonyl (C=O) groups is 4. The SMILES string of the molecule is C.CCC(C)(C)C(=O)C(=O)N1CCCCC1C(=O)O[C@H](CCc1ccc(OC)c(OC)c1)c1cccc(OCC(=O)NCCc2ccc(O)cc2)c1.